The van der Waals surface area contributed by atoms with Crippen molar-refractivity contribution in [3.8, 4) is 5.75 Å². The molecule has 1 aliphatic rings. The summed E-state index contributed by atoms with van der Waals surface area (Å²) in [6.07, 6.45) is 3.67. The van der Waals surface area contributed by atoms with E-state index < -0.39 is 5.54 Å². The smallest absolute Gasteiger partial charge is 0.252 e. The molecule has 0 aliphatic heterocycles. The van der Waals surface area contributed by atoms with Crippen molar-refractivity contribution in [2.24, 2.45) is 0 Å². The maximum atomic E-state index is 12.8. The van der Waals surface area contributed by atoms with Gasteiger partial charge in [-0.25, -0.2) is 4.98 Å². The van der Waals surface area contributed by atoms with Crippen molar-refractivity contribution in [2.75, 3.05) is 0 Å². The summed E-state index contributed by atoms with van der Waals surface area (Å²) >= 11 is 1.60. The minimum absolute atomic E-state index is 0.147. The predicted molar refractivity (Wildman–Crippen MR) is 104 cm³/mol. The van der Waals surface area contributed by atoms with Gasteiger partial charge in [-0.2, -0.15) is 4.98 Å². The fraction of sp³-hybridized carbons (Fsp3) is 0.400. The standard InChI is InChI=1S/C20H22N4O3S/c1-13-21-19(24-27-13)20(9-3-4-10-20)23-18(25)15-5-7-17(8-6-15)26-11-16-12-28-14(2)22-16/h5-8,12H,3-4,9-11H2,1-2H3,(H,23,25). The number of carbonyl (C=O) groups is 1. The second kappa shape index (κ2) is 7.71. The van der Waals surface area contributed by atoms with Gasteiger partial charge in [-0.3, -0.25) is 4.79 Å². The van der Waals surface area contributed by atoms with E-state index in [1.807, 2.05) is 12.3 Å². The zero-order valence-electron chi connectivity index (χ0n) is 15.9. The minimum Gasteiger partial charge on any atom is -0.487 e. The first-order valence-electron chi connectivity index (χ1n) is 9.31. The monoisotopic (exact) mass is 398 g/mol. The molecule has 1 N–H and O–H groups in total. The first kappa shape index (κ1) is 18.6. The molecule has 28 heavy (non-hydrogen) atoms. The van der Waals surface area contributed by atoms with E-state index >= 15 is 0 Å². The Hall–Kier alpha value is -2.74. The number of carbonyl (C=O) groups excluding carboxylic acids is 1. The van der Waals surface area contributed by atoms with Crippen LogP contribution in [0, 0.1) is 13.8 Å². The van der Waals surface area contributed by atoms with E-state index in [0.717, 1.165) is 36.4 Å². The summed E-state index contributed by atoms with van der Waals surface area (Å²) < 4.78 is 10.9. The minimum atomic E-state index is -0.549. The van der Waals surface area contributed by atoms with Gasteiger partial charge < -0.3 is 14.6 Å². The molecule has 0 bridgehead atoms. The molecule has 4 rings (SSSR count). The highest BCUT2D eigenvalue weighted by Crippen LogP contribution is 2.37. The van der Waals surface area contributed by atoms with E-state index in [1.165, 1.54) is 0 Å². The first-order chi connectivity index (χ1) is 13.5. The van der Waals surface area contributed by atoms with E-state index in [4.69, 9.17) is 9.26 Å². The highest BCUT2D eigenvalue weighted by Gasteiger charge is 2.41. The fourth-order valence-electron chi connectivity index (χ4n) is 3.50. The molecular formula is C20H22N4O3S. The molecule has 1 fully saturated rings. The summed E-state index contributed by atoms with van der Waals surface area (Å²) in [4.78, 5) is 21.6. The molecule has 3 aromatic rings. The molecule has 1 saturated carbocycles. The molecule has 2 aromatic heterocycles. The van der Waals surface area contributed by atoms with Crippen LogP contribution in [-0.2, 0) is 12.1 Å². The fourth-order valence-corrected chi connectivity index (χ4v) is 4.10. The number of rotatable bonds is 6. The third-order valence-electron chi connectivity index (χ3n) is 4.94. The highest BCUT2D eigenvalue weighted by atomic mass is 32.1. The van der Waals surface area contributed by atoms with Crippen LogP contribution in [0.15, 0.2) is 34.2 Å². The second-order valence-corrected chi connectivity index (χ2v) is 8.11. The first-order valence-corrected chi connectivity index (χ1v) is 10.2. The van der Waals surface area contributed by atoms with E-state index in [-0.39, 0.29) is 5.91 Å². The molecule has 1 amide bonds. The zero-order chi connectivity index (χ0) is 19.6. The van der Waals surface area contributed by atoms with Crippen LogP contribution in [0.1, 0.15) is 58.5 Å². The van der Waals surface area contributed by atoms with Crippen LogP contribution in [0.5, 0.6) is 5.75 Å². The van der Waals surface area contributed by atoms with Crippen molar-refractivity contribution in [3.05, 3.63) is 57.6 Å². The van der Waals surface area contributed by atoms with Crippen LogP contribution in [0.4, 0.5) is 0 Å². The zero-order valence-corrected chi connectivity index (χ0v) is 16.7. The van der Waals surface area contributed by atoms with Crippen LogP contribution in [0.25, 0.3) is 0 Å². The molecule has 0 unspecified atom stereocenters. The molecule has 8 heteroatoms. The molecule has 7 nitrogen and oxygen atoms in total. The normalized spacial score (nSPS) is 15.5. The summed E-state index contributed by atoms with van der Waals surface area (Å²) in [5, 5.41) is 10.2. The largest absolute Gasteiger partial charge is 0.487 e. The Kier molecular flexibility index (Phi) is 5.13. The summed E-state index contributed by atoms with van der Waals surface area (Å²) in [6, 6.07) is 7.13. The molecular weight excluding hydrogens is 376 g/mol. The van der Waals surface area contributed by atoms with Crippen LogP contribution < -0.4 is 10.1 Å². The van der Waals surface area contributed by atoms with Gasteiger partial charge in [0.15, 0.2) is 5.82 Å². The number of benzene rings is 1. The molecule has 1 aromatic carbocycles. The van der Waals surface area contributed by atoms with E-state index in [0.29, 0.717) is 29.6 Å². The van der Waals surface area contributed by atoms with Crippen molar-refractivity contribution < 1.29 is 14.1 Å². The molecule has 0 saturated heterocycles. The van der Waals surface area contributed by atoms with Gasteiger partial charge in [0.2, 0.25) is 5.89 Å². The number of ether oxygens (including phenoxy) is 1. The lowest BCUT2D eigenvalue weighted by Crippen LogP contribution is -2.44. The molecule has 2 heterocycles. The molecule has 0 radical (unpaired) electrons. The number of hydrogen-bond acceptors (Lipinski definition) is 7. The quantitative estimate of drug-likeness (QED) is 0.677. The van der Waals surface area contributed by atoms with Crippen LogP contribution >= 0.6 is 11.3 Å². The summed E-state index contributed by atoms with van der Waals surface area (Å²) in [5.74, 6) is 1.62. The maximum absolute atomic E-state index is 12.8. The van der Waals surface area contributed by atoms with Crippen LogP contribution in [0.2, 0.25) is 0 Å². The van der Waals surface area contributed by atoms with E-state index in [2.05, 4.69) is 20.4 Å². The van der Waals surface area contributed by atoms with Gasteiger partial charge in [-0.05, 0) is 44.0 Å². The molecule has 0 atom stereocenters. The summed E-state index contributed by atoms with van der Waals surface area (Å²) in [5.41, 5.74) is 0.929. The van der Waals surface area contributed by atoms with Crippen LogP contribution in [0.3, 0.4) is 0 Å². The van der Waals surface area contributed by atoms with Crippen molar-refractivity contribution in [2.45, 2.75) is 51.7 Å². The van der Waals surface area contributed by atoms with Gasteiger partial charge in [0.1, 0.15) is 17.9 Å². The second-order valence-electron chi connectivity index (χ2n) is 7.05. The third kappa shape index (κ3) is 3.91. The third-order valence-corrected chi connectivity index (χ3v) is 5.76. The average Bonchev–Trinajstić information content (AvgIpc) is 3.42. The number of nitrogens with one attached hydrogen (secondary N) is 1. The lowest BCUT2D eigenvalue weighted by molar-refractivity contribution is 0.0892. The van der Waals surface area contributed by atoms with E-state index in [9.17, 15) is 4.79 Å². The molecule has 0 spiro atoms. The number of aryl methyl sites for hydroxylation is 2. The summed E-state index contributed by atoms with van der Waals surface area (Å²) in [7, 11) is 0. The Labute approximate surface area is 167 Å². The number of aromatic nitrogens is 3. The maximum Gasteiger partial charge on any atom is 0.252 e. The lowest BCUT2D eigenvalue weighted by Gasteiger charge is -2.26. The van der Waals surface area contributed by atoms with Gasteiger partial charge in [0, 0.05) is 17.9 Å². The SMILES string of the molecule is Cc1nc(C2(NC(=O)c3ccc(OCc4csc(C)n4)cc3)CCCC2)no1. The van der Waals surface area contributed by atoms with Gasteiger partial charge in [-0.1, -0.05) is 18.0 Å². The molecule has 1 aliphatic carbocycles. The highest BCUT2D eigenvalue weighted by molar-refractivity contribution is 7.09. The molecule has 146 valence electrons. The number of hydrogen-bond donors (Lipinski definition) is 1. The van der Waals surface area contributed by atoms with Crippen molar-refractivity contribution >= 4 is 17.2 Å². The number of thiazole rings is 1. The van der Waals surface area contributed by atoms with Crippen molar-refractivity contribution in [3.63, 3.8) is 0 Å². The Bertz CT molecular complexity index is 958. The van der Waals surface area contributed by atoms with Crippen molar-refractivity contribution in [1.29, 1.82) is 0 Å². The van der Waals surface area contributed by atoms with Gasteiger partial charge in [0.25, 0.3) is 5.91 Å². The van der Waals surface area contributed by atoms with Gasteiger partial charge >= 0.3 is 0 Å². The number of amides is 1. The Morgan fingerprint density at radius 2 is 1.96 bits per heavy atom. The van der Waals surface area contributed by atoms with Crippen LogP contribution in [-0.4, -0.2) is 21.0 Å². The summed E-state index contributed by atoms with van der Waals surface area (Å²) in [6.45, 7) is 4.14. The van der Waals surface area contributed by atoms with E-state index in [1.54, 1.807) is 42.5 Å². The Balaban J connectivity index is 1.42. The Morgan fingerprint density at radius 1 is 1.21 bits per heavy atom. The lowest BCUT2D eigenvalue weighted by atomic mass is 9.96. The number of nitrogens with zero attached hydrogens (tertiary/aromatic N) is 3. The Morgan fingerprint density at radius 3 is 2.57 bits per heavy atom. The van der Waals surface area contributed by atoms with Crippen molar-refractivity contribution in [1.82, 2.24) is 20.4 Å². The van der Waals surface area contributed by atoms with Gasteiger partial charge in [0.05, 0.1) is 10.7 Å². The topological polar surface area (TPSA) is 90.1 Å². The van der Waals surface area contributed by atoms with Gasteiger partial charge in [-0.15, -0.1) is 11.3 Å². The predicted octanol–water partition coefficient (Wildman–Crippen LogP) is 3.92. The average molecular weight is 398 g/mol.